The zero-order valence-electron chi connectivity index (χ0n) is 12.5. The molecular weight excluding hydrogens is 302 g/mol. The number of carbonyl (C=O) groups is 1. The summed E-state index contributed by atoms with van der Waals surface area (Å²) in [6.45, 7) is 5.78. The quantitative estimate of drug-likeness (QED) is 0.792. The molecule has 0 spiro atoms. The van der Waals surface area contributed by atoms with Gasteiger partial charge in [-0.3, -0.25) is 4.79 Å². The molecular formula is C17H20ClNO3. The van der Waals surface area contributed by atoms with Crippen LogP contribution in [0.25, 0.3) is 0 Å². The van der Waals surface area contributed by atoms with Gasteiger partial charge in [-0.15, -0.1) is 6.58 Å². The lowest BCUT2D eigenvalue weighted by Crippen LogP contribution is -2.44. The molecule has 2 N–H and O–H groups in total. The minimum atomic E-state index is -1.66. The molecule has 1 aliphatic rings. The molecule has 1 aromatic rings. The largest absolute Gasteiger partial charge is 0.396 e. The SMILES string of the molecule is C=CCN1C(=O)[C@](O)([C@H](C)/C=C/CCO)c2cc(Cl)ccc21. The molecule has 4 nitrogen and oxygen atoms in total. The van der Waals surface area contributed by atoms with Crippen molar-refractivity contribution in [3.05, 3.63) is 53.6 Å². The van der Waals surface area contributed by atoms with Gasteiger partial charge >= 0.3 is 0 Å². The first kappa shape index (κ1) is 16.7. The predicted molar refractivity (Wildman–Crippen MR) is 87.9 cm³/mol. The van der Waals surface area contributed by atoms with Gasteiger partial charge in [0.25, 0.3) is 5.91 Å². The number of halogens is 1. The maximum atomic E-state index is 12.8. The molecule has 1 aliphatic heterocycles. The van der Waals surface area contributed by atoms with Crippen molar-refractivity contribution >= 4 is 23.2 Å². The van der Waals surface area contributed by atoms with Gasteiger partial charge in [-0.2, -0.15) is 0 Å². The number of anilines is 1. The first-order valence-corrected chi connectivity index (χ1v) is 7.57. The number of nitrogens with zero attached hydrogens (tertiary/aromatic N) is 1. The van der Waals surface area contributed by atoms with Crippen molar-refractivity contribution in [2.45, 2.75) is 18.9 Å². The highest BCUT2D eigenvalue weighted by atomic mass is 35.5. The van der Waals surface area contributed by atoms with Gasteiger partial charge in [-0.05, 0) is 24.6 Å². The van der Waals surface area contributed by atoms with Crippen LogP contribution in [-0.2, 0) is 10.4 Å². The van der Waals surface area contributed by atoms with Crippen molar-refractivity contribution in [2.75, 3.05) is 18.1 Å². The Labute approximate surface area is 135 Å². The Hall–Kier alpha value is -1.62. The van der Waals surface area contributed by atoms with Crippen LogP contribution in [0.15, 0.2) is 43.0 Å². The minimum absolute atomic E-state index is 0.0284. The van der Waals surface area contributed by atoms with E-state index in [0.717, 1.165) is 0 Å². The summed E-state index contributed by atoms with van der Waals surface area (Å²) in [5, 5.41) is 20.4. The second-order valence-electron chi connectivity index (χ2n) is 5.36. The molecule has 0 aromatic heterocycles. The Morgan fingerprint density at radius 3 is 2.86 bits per heavy atom. The van der Waals surface area contributed by atoms with Gasteiger partial charge in [-0.25, -0.2) is 0 Å². The Morgan fingerprint density at radius 2 is 2.23 bits per heavy atom. The highest BCUT2D eigenvalue weighted by Gasteiger charge is 2.52. The number of hydrogen-bond acceptors (Lipinski definition) is 3. The van der Waals surface area contributed by atoms with E-state index < -0.39 is 11.5 Å². The average molecular weight is 322 g/mol. The molecule has 2 rings (SSSR count). The van der Waals surface area contributed by atoms with Gasteiger partial charge in [0.05, 0.1) is 5.69 Å². The van der Waals surface area contributed by atoms with Crippen LogP contribution in [0.5, 0.6) is 0 Å². The molecule has 0 radical (unpaired) electrons. The second-order valence-corrected chi connectivity index (χ2v) is 5.80. The summed E-state index contributed by atoms with van der Waals surface area (Å²) in [4.78, 5) is 14.3. The highest BCUT2D eigenvalue weighted by Crippen LogP contribution is 2.46. The fourth-order valence-electron chi connectivity index (χ4n) is 2.74. The minimum Gasteiger partial charge on any atom is -0.396 e. The van der Waals surface area contributed by atoms with Crippen molar-refractivity contribution in [2.24, 2.45) is 5.92 Å². The summed E-state index contributed by atoms with van der Waals surface area (Å²) >= 11 is 6.04. The van der Waals surface area contributed by atoms with Crippen LogP contribution in [-0.4, -0.2) is 29.3 Å². The van der Waals surface area contributed by atoms with Crippen LogP contribution in [0.1, 0.15) is 18.9 Å². The van der Waals surface area contributed by atoms with Crippen LogP contribution < -0.4 is 4.90 Å². The van der Waals surface area contributed by atoms with Crippen molar-refractivity contribution in [1.29, 1.82) is 0 Å². The van der Waals surface area contributed by atoms with Crippen molar-refractivity contribution in [3.8, 4) is 0 Å². The van der Waals surface area contributed by atoms with Crippen LogP contribution in [0.2, 0.25) is 5.02 Å². The zero-order valence-corrected chi connectivity index (χ0v) is 13.3. The smallest absolute Gasteiger partial charge is 0.264 e. The average Bonchev–Trinajstić information content (AvgIpc) is 2.71. The standard InChI is InChI=1S/C17H20ClNO3/c1-3-9-19-15-8-7-13(18)11-14(15)17(22,16(19)21)12(2)6-4-5-10-20/h3-4,6-8,11-12,20,22H,1,5,9-10H2,2H3/b6-4+/t12-,17+/m1/s1. The van der Waals surface area contributed by atoms with E-state index in [4.69, 9.17) is 16.7 Å². The van der Waals surface area contributed by atoms with Crippen molar-refractivity contribution in [1.82, 2.24) is 0 Å². The molecule has 22 heavy (non-hydrogen) atoms. The third-order valence-corrected chi connectivity index (χ3v) is 4.16. The summed E-state index contributed by atoms with van der Waals surface area (Å²) in [7, 11) is 0. The maximum Gasteiger partial charge on any atom is 0.264 e. The molecule has 0 bridgehead atoms. The van der Waals surface area contributed by atoms with Crippen molar-refractivity contribution in [3.63, 3.8) is 0 Å². The fraction of sp³-hybridized carbons (Fsp3) is 0.353. The number of amides is 1. The lowest BCUT2D eigenvalue weighted by atomic mass is 9.83. The van der Waals surface area contributed by atoms with Crippen LogP contribution in [0, 0.1) is 5.92 Å². The van der Waals surface area contributed by atoms with E-state index in [-0.39, 0.29) is 12.5 Å². The molecule has 0 saturated carbocycles. The van der Waals surface area contributed by atoms with Gasteiger partial charge in [0.15, 0.2) is 5.60 Å². The third kappa shape index (κ3) is 2.70. The summed E-state index contributed by atoms with van der Waals surface area (Å²) < 4.78 is 0. The molecule has 5 heteroatoms. The maximum absolute atomic E-state index is 12.8. The van der Waals surface area contributed by atoms with Gasteiger partial charge in [0, 0.05) is 29.7 Å². The summed E-state index contributed by atoms with van der Waals surface area (Å²) in [6, 6.07) is 5.07. The number of fused-ring (bicyclic) bond motifs is 1. The van der Waals surface area contributed by atoms with Gasteiger partial charge < -0.3 is 15.1 Å². The Balaban J connectivity index is 2.49. The molecule has 1 aromatic carbocycles. The van der Waals surface area contributed by atoms with E-state index in [1.807, 2.05) is 0 Å². The Kier molecular flexibility index (Phi) is 5.06. The van der Waals surface area contributed by atoms with Gasteiger partial charge in [0.2, 0.25) is 0 Å². The first-order chi connectivity index (χ1) is 10.5. The highest BCUT2D eigenvalue weighted by molar-refractivity contribution is 6.31. The second kappa shape index (κ2) is 6.65. The Bertz CT molecular complexity index is 614. The van der Waals surface area contributed by atoms with E-state index in [2.05, 4.69) is 6.58 Å². The first-order valence-electron chi connectivity index (χ1n) is 7.19. The van der Waals surface area contributed by atoms with E-state index >= 15 is 0 Å². The van der Waals surface area contributed by atoms with Gasteiger partial charge in [-0.1, -0.05) is 36.8 Å². The number of rotatable bonds is 6. The number of aliphatic hydroxyl groups excluding tert-OH is 1. The number of aliphatic hydroxyl groups is 2. The molecule has 0 saturated heterocycles. The molecule has 2 atom stereocenters. The number of benzene rings is 1. The topological polar surface area (TPSA) is 60.8 Å². The number of carbonyl (C=O) groups excluding carboxylic acids is 1. The van der Waals surface area contributed by atoms with Crippen LogP contribution in [0.4, 0.5) is 5.69 Å². The molecule has 0 aliphatic carbocycles. The summed E-state index contributed by atoms with van der Waals surface area (Å²) in [6.07, 6.45) is 5.61. The van der Waals surface area contributed by atoms with Crippen LogP contribution in [0.3, 0.4) is 0 Å². The lowest BCUT2D eigenvalue weighted by molar-refractivity contribution is -0.139. The molecule has 0 fully saturated rings. The van der Waals surface area contributed by atoms with Gasteiger partial charge in [0.1, 0.15) is 0 Å². The lowest BCUT2D eigenvalue weighted by Gasteiger charge is -2.27. The van der Waals surface area contributed by atoms with E-state index in [9.17, 15) is 9.90 Å². The van der Waals surface area contributed by atoms with E-state index in [1.165, 1.54) is 4.90 Å². The third-order valence-electron chi connectivity index (χ3n) is 3.92. The molecule has 1 amide bonds. The van der Waals surface area contributed by atoms with E-state index in [0.29, 0.717) is 29.2 Å². The monoisotopic (exact) mass is 321 g/mol. The van der Waals surface area contributed by atoms with Crippen LogP contribution >= 0.6 is 11.6 Å². The van der Waals surface area contributed by atoms with Crippen molar-refractivity contribution < 1.29 is 15.0 Å². The van der Waals surface area contributed by atoms with E-state index in [1.54, 1.807) is 43.4 Å². The normalized spacial score (nSPS) is 22.2. The molecule has 1 heterocycles. The molecule has 0 unspecified atom stereocenters. The predicted octanol–water partition coefficient (Wildman–Crippen LogP) is 2.63. The number of hydrogen-bond donors (Lipinski definition) is 2. The Morgan fingerprint density at radius 1 is 1.50 bits per heavy atom. The summed E-state index contributed by atoms with van der Waals surface area (Å²) in [5.41, 5.74) is -0.498. The zero-order chi connectivity index (χ0) is 16.3. The molecule has 118 valence electrons. The fourth-order valence-corrected chi connectivity index (χ4v) is 2.92. The summed E-state index contributed by atoms with van der Waals surface area (Å²) in [5.74, 6) is -0.829.